The quantitative estimate of drug-likeness (QED) is 0.665. The number of pyridine rings is 1. The highest BCUT2D eigenvalue weighted by molar-refractivity contribution is 6.32. The fraction of sp³-hybridized carbons (Fsp3) is 0.143. The summed E-state index contributed by atoms with van der Waals surface area (Å²) < 4.78 is 0. The molecule has 136 valence electrons. The van der Waals surface area contributed by atoms with Crippen molar-refractivity contribution in [2.24, 2.45) is 4.99 Å². The fourth-order valence-corrected chi connectivity index (χ4v) is 3.59. The number of halogens is 2. The van der Waals surface area contributed by atoms with Crippen LogP contribution in [0.3, 0.4) is 0 Å². The number of benzene rings is 2. The van der Waals surface area contributed by atoms with Crippen LogP contribution in [-0.4, -0.2) is 23.3 Å². The van der Waals surface area contributed by atoms with E-state index in [-0.39, 0.29) is 6.04 Å². The van der Waals surface area contributed by atoms with E-state index in [2.05, 4.69) is 10.3 Å². The molecule has 0 amide bonds. The van der Waals surface area contributed by atoms with E-state index < -0.39 is 0 Å². The number of nitrogens with zero attached hydrogens (tertiary/aromatic N) is 2. The van der Waals surface area contributed by atoms with Gasteiger partial charge in [-0.25, -0.2) is 4.98 Å². The molecule has 1 aliphatic heterocycles. The molecule has 1 unspecified atom stereocenters. The summed E-state index contributed by atoms with van der Waals surface area (Å²) in [5, 5.41) is 4.91. The van der Waals surface area contributed by atoms with Gasteiger partial charge in [0.25, 0.3) is 0 Å². The molecule has 6 heteroatoms. The summed E-state index contributed by atoms with van der Waals surface area (Å²) in [4.78, 5) is 9.28. The number of benzodiazepines with no additional fused rings is 1. The Labute approximate surface area is 168 Å². The van der Waals surface area contributed by atoms with Gasteiger partial charge >= 0.3 is 0 Å². The molecule has 0 fully saturated rings. The minimum Gasteiger partial charge on any atom is -0.384 e. The second-order valence-corrected chi connectivity index (χ2v) is 7.31. The number of nitrogens with two attached hydrogens (primary N) is 1. The monoisotopic (exact) mass is 396 g/mol. The lowest BCUT2D eigenvalue weighted by molar-refractivity contribution is 0.706. The molecule has 27 heavy (non-hydrogen) atoms. The first-order chi connectivity index (χ1) is 13.1. The molecule has 2 aromatic carbocycles. The van der Waals surface area contributed by atoms with Crippen LogP contribution in [0.4, 0.5) is 11.5 Å². The number of rotatable bonds is 3. The second-order valence-electron chi connectivity index (χ2n) is 6.47. The molecular formula is C21H18Cl2N4. The maximum Gasteiger partial charge on any atom is 0.123 e. The summed E-state index contributed by atoms with van der Waals surface area (Å²) in [7, 11) is 0. The third-order valence-electron chi connectivity index (χ3n) is 4.55. The summed E-state index contributed by atoms with van der Waals surface area (Å²) in [5.74, 6) is 0.477. The molecule has 3 N–H and O–H groups in total. The van der Waals surface area contributed by atoms with E-state index in [9.17, 15) is 0 Å². The highest BCUT2D eigenvalue weighted by atomic mass is 35.5. The minimum absolute atomic E-state index is 0.0172. The van der Waals surface area contributed by atoms with Gasteiger partial charge in [-0.3, -0.25) is 4.99 Å². The summed E-state index contributed by atoms with van der Waals surface area (Å²) in [6.45, 7) is 0.700. The normalized spacial score (nSPS) is 16.1. The van der Waals surface area contributed by atoms with Crippen molar-refractivity contribution in [1.29, 1.82) is 0 Å². The number of nitrogen functional groups attached to an aromatic ring is 1. The Morgan fingerprint density at radius 1 is 1.07 bits per heavy atom. The zero-order valence-corrected chi connectivity index (χ0v) is 16.0. The lowest BCUT2D eigenvalue weighted by atomic mass is 10.0. The van der Waals surface area contributed by atoms with Crippen molar-refractivity contribution < 1.29 is 0 Å². The van der Waals surface area contributed by atoms with Gasteiger partial charge in [-0.2, -0.15) is 0 Å². The van der Waals surface area contributed by atoms with Gasteiger partial charge in [0.2, 0.25) is 0 Å². The first-order valence-electron chi connectivity index (χ1n) is 8.67. The molecule has 0 bridgehead atoms. The van der Waals surface area contributed by atoms with Gasteiger partial charge in [0, 0.05) is 39.6 Å². The molecule has 0 aliphatic carbocycles. The number of hydrogen-bond acceptors (Lipinski definition) is 4. The van der Waals surface area contributed by atoms with Crippen LogP contribution < -0.4 is 11.1 Å². The number of hydrogen-bond donors (Lipinski definition) is 2. The van der Waals surface area contributed by atoms with Gasteiger partial charge in [0.1, 0.15) is 5.82 Å². The first-order valence-corrected chi connectivity index (χ1v) is 9.42. The Morgan fingerprint density at radius 3 is 2.70 bits per heavy atom. The van der Waals surface area contributed by atoms with E-state index in [0.29, 0.717) is 17.4 Å². The summed E-state index contributed by atoms with van der Waals surface area (Å²) in [6, 6.07) is 17.4. The average Bonchev–Trinajstić information content (AvgIpc) is 2.84. The fourth-order valence-electron chi connectivity index (χ4n) is 3.20. The molecule has 2 heterocycles. The molecule has 0 saturated carbocycles. The lowest BCUT2D eigenvalue weighted by Gasteiger charge is -2.13. The Kier molecular flexibility index (Phi) is 5.01. The summed E-state index contributed by atoms with van der Waals surface area (Å²) in [6.07, 6.45) is 2.48. The Morgan fingerprint density at radius 2 is 1.93 bits per heavy atom. The maximum atomic E-state index is 6.35. The summed E-state index contributed by atoms with van der Waals surface area (Å²) in [5.41, 5.74) is 10.5. The van der Waals surface area contributed by atoms with Crippen LogP contribution in [0.1, 0.15) is 16.7 Å². The van der Waals surface area contributed by atoms with Crippen LogP contribution in [0.2, 0.25) is 10.0 Å². The topological polar surface area (TPSA) is 63.3 Å². The molecule has 0 radical (unpaired) electrons. The highest BCUT2D eigenvalue weighted by Gasteiger charge is 2.21. The van der Waals surface area contributed by atoms with Gasteiger partial charge in [-0.15, -0.1) is 0 Å². The van der Waals surface area contributed by atoms with Crippen molar-refractivity contribution in [3.05, 3.63) is 87.5 Å². The third-order valence-corrected chi connectivity index (χ3v) is 5.15. The Bertz CT molecular complexity index is 999. The van der Waals surface area contributed by atoms with E-state index in [1.165, 1.54) is 0 Å². The number of nitrogens with one attached hydrogen (secondary N) is 1. The van der Waals surface area contributed by atoms with Crippen LogP contribution in [-0.2, 0) is 6.42 Å². The van der Waals surface area contributed by atoms with E-state index in [0.717, 1.165) is 39.5 Å². The Balaban J connectivity index is 1.78. The second kappa shape index (κ2) is 7.59. The average molecular weight is 397 g/mol. The predicted molar refractivity (Wildman–Crippen MR) is 113 cm³/mol. The van der Waals surface area contributed by atoms with Crippen molar-refractivity contribution in [2.75, 3.05) is 17.6 Å². The largest absolute Gasteiger partial charge is 0.384 e. The first kappa shape index (κ1) is 17.8. The van der Waals surface area contributed by atoms with Crippen molar-refractivity contribution in [2.45, 2.75) is 12.5 Å². The van der Waals surface area contributed by atoms with Crippen LogP contribution >= 0.6 is 23.2 Å². The van der Waals surface area contributed by atoms with E-state index in [4.69, 9.17) is 33.9 Å². The summed E-state index contributed by atoms with van der Waals surface area (Å²) >= 11 is 12.6. The van der Waals surface area contributed by atoms with E-state index in [1.807, 2.05) is 48.5 Å². The highest BCUT2D eigenvalue weighted by Crippen LogP contribution is 2.28. The molecule has 0 saturated heterocycles. The van der Waals surface area contributed by atoms with Gasteiger partial charge in [0.05, 0.1) is 11.8 Å². The van der Waals surface area contributed by atoms with Crippen molar-refractivity contribution in [3.63, 3.8) is 0 Å². The van der Waals surface area contributed by atoms with Gasteiger partial charge in [-0.05, 0) is 48.4 Å². The number of anilines is 2. The smallest absolute Gasteiger partial charge is 0.123 e. The predicted octanol–water partition coefficient (Wildman–Crippen LogP) is 4.84. The number of fused-ring (bicyclic) bond motifs is 1. The third kappa shape index (κ3) is 3.92. The molecule has 4 nitrogen and oxygen atoms in total. The molecule has 3 aromatic rings. The maximum absolute atomic E-state index is 6.35. The van der Waals surface area contributed by atoms with Crippen LogP contribution in [0, 0.1) is 0 Å². The standard InChI is InChI=1S/C21H18Cl2N4/c22-15-6-7-19-17(10-15)21(14-5-8-20(24)26-11-14)27-16(12-25-19)9-13-3-1-2-4-18(13)23/h1-8,10-11,16,25H,9,12H2,(H2,24,26). The van der Waals surface area contributed by atoms with Gasteiger partial charge < -0.3 is 11.1 Å². The number of aliphatic imine (C=N–C) groups is 1. The van der Waals surface area contributed by atoms with E-state index >= 15 is 0 Å². The molecule has 1 atom stereocenters. The van der Waals surface area contributed by atoms with Crippen molar-refractivity contribution in [3.8, 4) is 0 Å². The van der Waals surface area contributed by atoms with E-state index in [1.54, 1.807) is 12.3 Å². The zero-order chi connectivity index (χ0) is 18.8. The minimum atomic E-state index is 0.0172. The van der Waals surface area contributed by atoms with Crippen LogP contribution in [0.25, 0.3) is 0 Å². The number of aromatic nitrogens is 1. The van der Waals surface area contributed by atoms with Crippen LogP contribution in [0.5, 0.6) is 0 Å². The van der Waals surface area contributed by atoms with Gasteiger partial charge in [-0.1, -0.05) is 41.4 Å². The van der Waals surface area contributed by atoms with Crippen molar-refractivity contribution >= 4 is 40.4 Å². The molecule has 4 rings (SSSR count). The molecule has 0 spiro atoms. The van der Waals surface area contributed by atoms with Crippen molar-refractivity contribution in [1.82, 2.24) is 4.98 Å². The molecule has 1 aliphatic rings. The molecule has 1 aromatic heterocycles. The Hall–Kier alpha value is -2.56. The zero-order valence-electron chi connectivity index (χ0n) is 14.5. The SMILES string of the molecule is Nc1ccc(C2=NC(Cc3ccccc3Cl)CNc3ccc(Cl)cc32)cn1. The molecular weight excluding hydrogens is 379 g/mol. The lowest BCUT2D eigenvalue weighted by Crippen LogP contribution is -2.20. The van der Waals surface area contributed by atoms with Crippen LogP contribution in [0.15, 0.2) is 65.8 Å². The van der Waals surface area contributed by atoms with Gasteiger partial charge in [0.15, 0.2) is 0 Å².